The van der Waals surface area contributed by atoms with E-state index in [0.717, 1.165) is 19.4 Å². The van der Waals surface area contributed by atoms with Crippen LogP contribution in [0.2, 0.25) is 0 Å². The zero-order valence-electron chi connectivity index (χ0n) is 11.8. The molecule has 18 heavy (non-hydrogen) atoms. The molecule has 1 aliphatic rings. The predicted octanol–water partition coefficient (Wildman–Crippen LogP) is 3.13. The number of nitrogens with two attached hydrogens (primary N) is 1. The lowest BCUT2D eigenvalue weighted by molar-refractivity contribution is -0.0808. The van der Waals surface area contributed by atoms with Gasteiger partial charge in [0, 0.05) is 12.6 Å². The molecule has 2 heteroatoms. The molecule has 1 heterocycles. The highest BCUT2D eigenvalue weighted by Gasteiger charge is 2.34. The van der Waals surface area contributed by atoms with Gasteiger partial charge in [0.1, 0.15) is 0 Å². The molecular formula is C16H25NO. The van der Waals surface area contributed by atoms with Crippen LogP contribution < -0.4 is 5.73 Å². The van der Waals surface area contributed by atoms with E-state index in [1.807, 2.05) is 0 Å². The average Bonchev–Trinajstić information content (AvgIpc) is 2.35. The molecule has 1 aromatic rings. The van der Waals surface area contributed by atoms with Crippen LogP contribution in [-0.2, 0) is 11.2 Å². The van der Waals surface area contributed by atoms with Gasteiger partial charge in [-0.1, -0.05) is 18.2 Å². The van der Waals surface area contributed by atoms with Crippen molar-refractivity contribution in [3.8, 4) is 0 Å². The minimum atomic E-state index is -0.142. The summed E-state index contributed by atoms with van der Waals surface area (Å²) in [5, 5.41) is 0. The highest BCUT2D eigenvalue weighted by molar-refractivity contribution is 5.30. The minimum Gasteiger partial charge on any atom is -0.374 e. The van der Waals surface area contributed by atoms with Crippen molar-refractivity contribution in [1.29, 1.82) is 0 Å². The molecule has 0 amide bonds. The molecular weight excluding hydrogens is 222 g/mol. The second-order valence-electron chi connectivity index (χ2n) is 5.85. The van der Waals surface area contributed by atoms with E-state index in [-0.39, 0.29) is 11.6 Å². The van der Waals surface area contributed by atoms with Crippen LogP contribution in [0.25, 0.3) is 0 Å². The zero-order valence-corrected chi connectivity index (χ0v) is 11.8. The first-order valence-electron chi connectivity index (χ1n) is 6.97. The fourth-order valence-electron chi connectivity index (χ4n) is 2.65. The van der Waals surface area contributed by atoms with Gasteiger partial charge >= 0.3 is 0 Å². The maximum atomic E-state index is 6.38. The molecule has 2 N–H and O–H groups in total. The molecule has 0 aliphatic carbocycles. The fraction of sp³-hybridized carbons (Fsp3) is 0.625. The number of hydrogen-bond acceptors (Lipinski definition) is 2. The van der Waals surface area contributed by atoms with Gasteiger partial charge in [-0.15, -0.1) is 0 Å². The molecule has 0 radical (unpaired) electrons. The Bertz CT molecular complexity index is 408. The molecule has 2 rings (SSSR count). The first-order valence-corrected chi connectivity index (χ1v) is 6.97. The van der Waals surface area contributed by atoms with Crippen molar-refractivity contribution >= 4 is 0 Å². The van der Waals surface area contributed by atoms with Gasteiger partial charge < -0.3 is 10.5 Å². The summed E-state index contributed by atoms with van der Waals surface area (Å²) in [6.45, 7) is 7.32. The van der Waals surface area contributed by atoms with E-state index >= 15 is 0 Å². The minimum absolute atomic E-state index is 0.0832. The average molecular weight is 247 g/mol. The Morgan fingerprint density at radius 1 is 1.28 bits per heavy atom. The van der Waals surface area contributed by atoms with E-state index in [1.54, 1.807) is 0 Å². The standard InChI is InChI=1S/C16H25NO/c1-12-6-7-14(10-13(12)2)11-15(17)16(3)8-4-5-9-18-16/h6-7,10,15H,4-5,8-9,11,17H2,1-3H3. The van der Waals surface area contributed by atoms with E-state index in [9.17, 15) is 0 Å². The third-order valence-corrected chi connectivity index (χ3v) is 4.31. The van der Waals surface area contributed by atoms with E-state index in [1.165, 1.54) is 29.5 Å². The van der Waals surface area contributed by atoms with Crippen molar-refractivity contribution in [2.45, 2.75) is 58.1 Å². The smallest absolute Gasteiger partial charge is 0.0807 e. The Morgan fingerprint density at radius 2 is 2.06 bits per heavy atom. The third-order valence-electron chi connectivity index (χ3n) is 4.31. The van der Waals surface area contributed by atoms with Crippen molar-refractivity contribution < 1.29 is 4.74 Å². The summed E-state index contributed by atoms with van der Waals surface area (Å²) in [6.07, 6.45) is 4.39. The Kier molecular flexibility index (Phi) is 4.08. The monoisotopic (exact) mass is 247 g/mol. The van der Waals surface area contributed by atoms with Gasteiger partial charge in [0.25, 0.3) is 0 Å². The molecule has 1 fully saturated rings. The summed E-state index contributed by atoms with van der Waals surface area (Å²) in [5.74, 6) is 0. The van der Waals surface area contributed by atoms with Crippen LogP contribution in [0.15, 0.2) is 18.2 Å². The Morgan fingerprint density at radius 3 is 2.67 bits per heavy atom. The molecule has 1 saturated heterocycles. The summed E-state index contributed by atoms with van der Waals surface area (Å²) < 4.78 is 5.93. The molecule has 100 valence electrons. The van der Waals surface area contributed by atoms with Crippen LogP contribution in [0.4, 0.5) is 0 Å². The molecule has 0 spiro atoms. The molecule has 0 aromatic heterocycles. The summed E-state index contributed by atoms with van der Waals surface area (Å²) in [7, 11) is 0. The summed E-state index contributed by atoms with van der Waals surface area (Å²) in [6, 6.07) is 6.71. The number of rotatable bonds is 3. The highest BCUT2D eigenvalue weighted by atomic mass is 16.5. The normalized spacial score (nSPS) is 26.0. The molecule has 2 nitrogen and oxygen atoms in total. The SMILES string of the molecule is Cc1ccc(CC(N)C2(C)CCCCO2)cc1C. The van der Waals surface area contributed by atoms with E-state index in [0.29, 0.717) is 0 Å². The third kappa shape index (κ3) is 2.93. The fourth-order valence-corrected chi connectivity index (χ4v) is 2.65. The Balaban J connectivity index is 2.05. The molecule has 2 unspecified atom stereocenters. The highest BCUT2D eigenvalue weighted by Crippen LogP contribution is 2.28. The number of aryl methyl sites for hydroxylation is 2. The first-order chi connectivity index (χ1) is 8.51. The van der Waals surface area contributed by atoms with Crippen LogP contribution in [0.1, 0.15) is 42.9 Å². The topological polar surface area (TPSA) is 35.2 Å². The van der Waals surface area contributed by atoms with Crippen LogP contribution in [0.3, 0.4) is 0 Å². The Labute approximate surface area is 111 Å². The maximum absolute atomic E-state index is 6.38. The number of hydrogen-bond donors (Lipinski definition) is 1. The van der Waals surface area contributed by atoms with E-state index in [2.05, 4.69) is 39.0 Å². The molecule has 1 aromatic carbocycles. The number of ether oxygens (including phenoxy) is 1. The molecule has 1 aliphatic heterocycles. The van der Waals surface area contributed by atoms with Gasteiger partial charge in [0.05, 0.1) is 5.60 Å². The van der Waals surface area contributed by atoms with Gasteiger partial charge in [-0.3, -0.25) is 0 Å². The quantitative estimate of drug-likeness (QED) is 0.890. The Hall–Kier alpha value is -0.860. The van der Waals surface area contributed by atoms with Gasteiger partial charge in [-0.2, -0.15) is 0 Å². The predicted molar refractivity (Wildman–Crippen MR) is 75.8 cm³/mol. The largest absolute Gasteiger partial charge is 0.374 e. The van der Waals surface area contributed by atoms with Crippen molar-refractivity contribution in [3.63, 3.8) is 0 Å². The lowest BCUT2D eigenvalue weighted by atomic mass is 9.85. The van der Waals surface area contributed by atoms with E-state index in [4.69, 9.17) is 10.5 Å². The van der Waals surface area contributed by atoms with Gasteiger partial charge in [0.2, 0.25) is 0 Å². The van der Waals surface area contributed by atoms with Crippen LogP contribution >= 0.6 is 0 Å². The summed E-state index contributed by atoms with van der Waals surface area (Å²) in [4.78, 5) is 0. The second-order valence-corrected chi connectivity index (χ2v) is 5.85. The van der Waals surface area contributed by atoms with Crippen molar-refractivity contribution in [2.24, 2.45) is 5.73 Å². The zero-order chi connectivity index (χ0) is 13.2. The molecule has 2 atom stereocenters. The lowest BCUT2D eigenvalue weighted by Gasteiger charge is -2.39. The van der Waals surface area contributed by atoms with Crippen molar-refractivity contribution in [1.82, 2.24) is 0 Å². The van der Waals surface area contributed by atoms with Crippen LogP contribution in [0.5, 0.6) is 0 Å². The lowest BCUT2D eigenvalue weighted by Crippen LogP contribution is -2.50. The maximum Gasteiger partial charge on any atom is 0.0807 e. The van der Waals surface area contributed by atoms with Crippen molar-refractivity contribution in [3.05, 3.63) is 34.9 Å². The molecule has 0 saturated carbocycles. The van der Waals surface area contributed by atoms with E-state index < -0.39 is 0 Å². The summed E-state index contributed by atoms with van der Waals surface area (Å²) >= 11 is 0. The van der Waals surface area contributed by atoms with Crippen LogP contribution in [-0.4, -0.2) is 18.2 Å². The van der Waals surface area contributed by atoms with Gasteiger partial charge in [-0.05, 0) is 63.1 Å². The van der Waals surface area contributed by atoms with Crippen molar-refractivity contribution in [2.75, 3.05) is 6.61 Å². The first kappa shape index (κ1) is 13.6. The van der Waals surface area contributed by atoms with Gasteiger partial charge in [0.15, 0.2) is 0 Å². The number of benzene rings is 1. The summed E-state index contributed by atoms with van der Waals surface area (Å²) in [5.41, 5.74) is 10.2. The molecule has 0 bridgehead atoms. The van der Waals surface area contributed by atoms with Crippen LogP contribution in [0, 0.1) is 13.8 Å². The second kappa shape index (κ2) is 5.41. The van der Waals surface area contributed by atoms with Gasteiger partial charge in [-0.25, -0.2) is 0 Å².